The molecule has 0 aliphatic heterocycles. The normalized spacial score (nSPS) is 15.9. The minimum absolute atomic E-state index is 0.118. The highest BCUT2D eigenvalue weighted by atomic mass is 31.2. The van der Waals surface area contributed by atoms with E-state index < -0.39 is 78.4 Å². The summed E-state index contributed by atoms with van der Waals surface area (Å²) in [6, 6.07) is 0. The Hall–Kier alpha value is -2.78. The maximum Gasteiger partial charge on any atom is 0.472 e. The first-order chi connectivity index (χ1) is 29.2. The molecule has 0 bridgehead atoms. The van der Waals surface area contributed by atoms with Crippen molar-refractivity contribution in [2.45, 2.75) is 154 Å². The number of hydrogen-bond acceptors (Lipinski definition) is 12. The molecule has 0 rings (SSSR count). The summed E-state index contributed by atoms with van der Waals surface area (Å²) < 4.78 is 47.5. The van der Waals surface area contributed by atoms with Gasteiger partial charge in [-0.1, -0.05) is 131 Å². The zero-order chi connectivity index (χ0) is 45.5. The first-order valence-electron chi connectivity index (χ1n) is 21.5. The number of allylic oxidation sites excluding steroid dienone is 11. The molecule has 0 heterocycles. The van der Waals surface area contributed by atoms with E-state index in [-0.39, 0.29) is 25.7 Å². The number of phosphoric ester groups is 2. The number of carbonyl (C=O) groups is 2. The van der Waals surface area contributed by atoms with Crippen LogP contribution in [0.1, 0.15) is 129 Å². The van der Waals surface area contributed by atoms with Crippen LogP contribution < -0.4 is 0 Å². The van der Waals surface area contributed by atoms with Crippen LogP contribution >= 0.6 is 15.6 Å². The molecule has 17 heteroatoms. The van der Waals surface area contributed by atoms with Gasteiger partial charge in [-0.15, -0.1) is 0 Å². The molecule has 0 aromatic rings. The smallest absolute Gasteiger partial charge is 0.462 e. The lowest BCUT2D eigenvalue weighted by molar-refractivity contribution is -0.161. The van der Waals surface area contributed by atoms with E-state index in [1.807, 2.05) is 6.08 Å². The molecule has 0 aliphatic carbocycles. The van der Waals surface area contributed by atoms with Crippen LogP contribution in [0.2, 0.25) is 0 Å². The highest BCUT2D eigenvalue weighted by Crippen LogP contribution is 2.43. The van der Waals surface area contributed by atoms with Crippen LogP contribution in [0.25, 0.3) is 0 Å². The van der Waals surface area contributed by atoms with Crippen molar-refractivity contribution in [3.63, 3.8) is 0 Å². The van der Waals surface area contributed by atoms with Crippen LogP contribution in [0.5, 0.6) is 0 Å². The van der Waals surface area contributed by atoms with Gasteiger partial charge >= 0.3 is 27.6 Å². The summed E-state index contributed by atoms with van der Waals surface area (Å²) in [4.78, 5) is 52.7. The Morgan fingerprint density at radius 3 is 1.80 bits per heavy atom. The van der Waals surface area contributed by atoms with E-state index in [1.54, 1.807) is 36.5 Å². The number of esters is 2. The molecule has 0 radical (unpaired) electrons. The summed E-state index contributed by atoms with van der Waals surface area (Å²) in [5, 5.41) is 30.1. The molecule has 0 fully saturated rings. The van der Waals surface area contributed by atoms with Crippen LogP contribution in [-0.2, 0) is 41.8 Å². The fourth-order valence-corrected chi connectivity index (χ4v) is 6.30. The molecule has 0 spiro atoms. The summed E-state index contributed by atoms with van der Waals surface area (Å²) in [5.41, 5.74) is 0. The molecule has 5 atom stereocenters. The molecule has 0 saturated carbocycles. The second-order valence-corrected chi connectivity index (χ2v) is 17.0. The molecule has 1 unspecified atom stereocenters. The van der Waals surface area contributed by atoms with Crippen molar-refractivity contribution in [2.24, 2.45) is 0 Å². The van der Waals surface area contributed by atoms with E-state index in [0.29, 0.717) is 12.8 Å². The predicted octanol–water partition coefficient (Wildman–Crippen LogP) is 8.72. The third-order valence-electron chi connectivity index (χ3n) is 8.45. The molecule has 0 aromatic heterocycles. The van der Waals surface area contributed by atoms with E-state index in [9.17, 15) is 38.9 Å². The lowest BCUT2D eigenvalue weighted by Gasteiger charge is -2.20. The van der Waals surface area contributed by atoms with E-state index in [1.165, 1.54) is 12.8 Å². The van der Waals surface area contributed by atoms with Crippen molar-refractivity contribution < 1.29 is 71.8 Å². The van der Waals surface area contributed by atoms with Crippen LogP contribution in [0.3, 0.4) is 0 Å². The van der Waals surface area contributed by atoms with E-state index >= 15 is 0 Å². The molecule has 350 valence electrons. The second kappa shape index (κ2) is 38.9. The molecular formula is C44H74O15P2. The molecular weight excluding hydrogens is 830 g/mol. The average Bonchev–Trinajstić information content (AvgIpc) is 3.21. The van der Waals surface area contributed by atoms with Crippen LogP contribution in [-0.4, -0.2) is 92.8 Å². The van der Waals surface area contributed by atoms with Crippen LogP contribution in [0, 0.1) is 0 Å². The average molecular weight is 905 g/mol. The van der Waals surface area contributed by atoms with Crippen molar-refractivity contribution in [3.8, 4) is 0 Å². The third-order valence-corrected chi connectivity index (χ3v) is 9.88. The summed E-state index contributed by atoms with van der Waals surface area (Å²) in [6.07, 6.45) is 36.3. The maximum atomic E-state index is 12.7. The highest BCUT2D eigenvalue weighted by Gasteiger charge is 2.28. The van der Waals surface area contributed by atoms with Crippen molar-refractivity contribution in [2.75, 3.05) is 26.4 Å². The predicted molar refractivity (Wildman–Crippen MR) is 237 cm³/mol. The lowest BCUT2D eigenvalue weighted by Crippen LogP contribution is -2.30. The van der Waals surface area contributed by atoms with Crippen LogP contribution in [0.15, 0.2) is 85.1 Å². The molecule has 0 aromatic carbocycles. The van der Waals surface area contributed by atoms with Gasteiger partial charge in [-0.3, -0.25) is 23.2 Å². The van der Waals surface area contributed by atoms with Gasteiger partial charge in [0.1, 0.15) is 12.7 Å². The van der Waals surface area contributed by atoms with Crippen molar-refractivity contribution in [1.29, 1.82) is 0 Å². The Balaban J connectivity index is 4.83. The molecule has 61 heavy (non-hydrogen) atoms. The molecule has 0 aliphatic rings. The zero-order valence-electron chi connectivity index (χ0n) is 36.2. The fourth-order valence-electron chi connectivity index (χ4n) is 5.14. The fraction of sp³-hybridized carbons (Fsp3) is 0.636. The number of phosphoric acid groups is 2. The van der Waals surface area contributed by atoms with E-state index in [2.05, 4.69) is 65.4 Å². The van der Waals surface area contributed by atoms with Crippen LogP contribution in [0.4, 0.5) is 0 Å². The largest absolute Gasteiger partial charge is 0.472 e. The second-order valence-electron chi connectivity index (χ2n) is 14.3. The van der Waals surface area contributed by atoms with Gasteiger partial charge in [0.2, 0.25) is 0 Å². The molecule has 0 amide bonds. The van der Waals surface area contributed by atoms with Crippen molar-refractivity contribution in [3.05, 3.63) is 85.1 Å². The Morgan fingerprint density at radius 2 is 1.13 bits per heavy atom. The van der Waals surface area contributed by atoms with Gasteiger partial charge < -0.3 is 39.5 Å². The zero-order valence-corrected chi connectivity index (χ0v) is 38.0. The summed E-state index contributed by atoms with van der Waals surface area (Å²) in [5.74, 6) is -1.30. The van der Waals surface area contributed by atoms with Gasteiger partial charge in [0.25, 0.3) is 0 Å². The number of hydrogen-bond donors (Lipinski definition) is 6. The quantitative estimate of drug-likeness (QED) is 0.0111. The molecule has 0 saturated heterocycles. The minimum atomic E-state index is -4.90. The van der Waals surface area contributed by atoms with E-state index in [0.717, 1.165) is 64.2 Å². The van der Waals surface area contributed by atoms with Gasteiger partial charge in [0.05, 0.1) is 32.0 Å². The van der Waals surface area contributed by atoms with Crippen molar-refractivity contribution >= 4 is 27.6 Å². The number of aliphatic hydroxyl groups excluding tert-OH is 3. The lowest BCUT2D eigenvalue weighted by atomic mass is 10.1. The Labute approximate surface area is 363 Å². The third kappa shape index (κ3) is 42.3. The SMILES string of the molecule is CC/C=C\C/C=C\C/C=C\CCCCCCCC(=O)OC[C@H](COP(=O)(O)OC[C@@H](O)COP(=O)(O)O)OC(=O)CCC[C@@H](O)\C=C/C=C/C=C/[C@@H](O)C/C=C\CCCCC. The standard InChI is InChI=1S/C44H74O15P2/c1-3-5-7-9-11-12-13-14-15-16-17-18-19-21-27-33-43(48)55-37-42(38-58-61(53,54)57-36-41(47)35-56-60(50,51)52)59-44(49)34-28-32-40(46)31-26-23-22-25-30-39(45)29-24-20-10-8-6-4-2/h5,7,11-12,14-15,20,22-26,30-31,39-42,45-47H,3-4,6,8-10,13,16-19,21,27-29,32-38H2,1-2H3,(H,53,54)(H2,50,51,52)/b7-5-,12-11-,15-14-,23-22+,24-20-,30-25+,31-26-/t39-,40-,41-,42+/m0/s1. The van der Waals surface area contributed by atoms with Gasteiger partial charge in [-0.05, 0) is 70.6 Å². The van der Waals surface area contributed by atoms with Gasteiger partial charge in [-0.25, -0.2) is 9.13 Å². The number of carbonyl (C=O) groups excluding carboxylic acids is 2. The summed E-state index contributed by atoms with van der Waals surface area (Å²) >= 11 is 0. The highest BCUT2D eigenvalue weighted by molar-refractivity contribution is 7.47. The number of unbranched alkanes of at least 4 members (excludes halogenated alkanes) is 8. The number of aliphatic hydroxyl groups is 3. The van der Waals surface area contributed by atoms with Gasteiger partial charge in [-0.2, -0.15) is 0 Å². The summed E-state index contributed by atoms with van der Waals surface area (Å²) in [7, 11) is -9.78. The Morgan fingerprint density at radius 1 is 0.574 bits per heavy atom. The van der Waals surface area contributed by atoms with Crippen molar-refractivity contribution in [1.82, 2.24) is 0 Å². The van der Waals surface area contributed by atoms with Gasteiger partial charge in [0.15, 0.2) is 6.10 Å². The monoisotopic (exact) mass is 904 g/mol. The molecule has 15 nitrogen and oxygen atoms in total. The molecule has 6 N–H and O–H groups in total. The summed E-state index contributed by atoms with van der Waals surface area (Å²) in [6.45, 7) is 1.26. The Kier molecular flexibility index (Phi) is 37.1. The number of rotatable bonds is 39. The first-order valence-corrected chi connectivity index (χ1v) is 24.5. The van der Waals surface area contributed by atoms with E-state index in [4.69, 9.17) is 23.8 Å². The topological polar surface area (TPSA) is 236 Å². The minimum Gasteiger partial charge on any atom is -0.462 e. The number of ether oxygens (including phenoxy) is 2. The first kappa shape index (κ1) is 58.2. The van der Waals surface area contributed by atoms with Gasteiger partial charge in [0, 0.05) is 12.8 Å². The Bertz CT molecular complexity index is 1430. The maximum absolute atomic E-state index is 12.7.